The van der Waals surface area contributed by atoms with Gasteiger partial charge in [0, 0.05) is 0 Å². The molecule has 23 heavy (non-hydrogen) atoms. The Kier molecular flexibility index (Phi) is 3.36. The third-order valence-electron chi connectivity index (χ3n) is 4.75. The van der Waals surface area contributed by atoms with Crippen LogP contribution in [-0.4, -0.2) is 5.11 Å². The van der Waals surface area contributed by atoms with Gasteiger partial charge in [0.05, 0.1) is 11.5 Å². The van der Waals surface area contributed by atoms with Gasteiger partial charge in [-0.15, -0.1) is 0 Å². The Hall–Kier alpha value is -2.64. The van der Waals surface area contributed by atoms with Gasteiger partial charge in [0.2, 0.25) is 0 Å². The van der Waals surface area contributed by atoms with Crippen LogP contribution in [0.1, 0.15) is 28.4 Å². The maximum absolute atomic E-state index is 11.3. The molecule has 0 saturated carbocycles. The smallest absolute Gasteiger partial charge is 0.0968 e. The fourth-order valence-corrected chi connectivity index (χ4v) is 3.57. The van der Waals surface area contributed by atoms with Gasteiger partial charge in [-0.1, -0.05) is 97.1 Å². The van der Waals surface area contributed by atoms with Crippen LogP contribution < -0.4 is 0 Å². The first-order valence-electron chi connectivity index (χ1n) is 7.89. The van der Waals surface area contributed by atoms with Crippen molar-refractivity contribution in [2.24, 2.45) is 0 Å². The van der Waals surface area contributed by atoms with Crippen LogP contribution in [-0.2, 0) is 5.41 Å². The molecule has 112 valence electrons. The molecule has 0 fully saturated rings. The van der Waals surface area contributed by atoms with E-state index in [1.54, 1.807) is 0 Å². The van der Waals surface area contributed by atoms with Gasteiger partial charge in [0.25, 0.3) is 0 Å². The highest BCUT2D eigenvalue weighted by atomic mass is 16.3. The summed E-state index contributed by atoms with van der Waals surface area (Å²) in [5, 5.41) is 11.3. The van der Waals surface area contributed by atoms with Crippen LogP contribution in [0.3, 0.4) is 0 Å². The lowest BCUT2D eigenvalue weighted by Crippen LogP contribution is -2.35. The van der Waals surface area contributed by atoms with Crippen LogP contribution in [0.2, 0.25) is 0 Å². The van der Waals surface area contributed by atoms with Gasteiger partial charge in [-0.2, -0.15) is 0 Å². The minimum Gasteiger partial charge on any atom is -0.387 e. The lowest BCUT2D eigenvalue weighted by atomic mass is 9.65. The molecule has 0 amide bonds. The second kappa shape index (κ2) is 5.53. The van der Waals surface area contributed by atoms with Gasteiger partial charge in [-0.05, 0) is 22.3 Å². The number of hydrogen-bond donors (Lipinski definition) is 1. The molecule has 0 radical (unpaired) electrons. The van der Waals surface area contributed by atoms with Crippen molar-refractivity contribution >= 4 is 6.08 Å². The Morgan fingerprint density at radius 2 is 1.17 bits per heavy atom. The number of aliphatic hydroxyl groups is 1. The molecular weight excluding hydrogens is 280 g/mol. The minimum absolute atomic E-state index is 0.559. The molecule has 1 nitrogen and oxygen atoms in total. The number of hydrogen-bond acceptors (Lipinski definition) is 1. The van der Waals surface area contributed by atoms with Gasteiger partial charge < -0.3 is 5.11 Å². The van der Waals surface area contributed by atoms with Gasteiger partial charge in [0.15, 0.2) is 0 Å². The normalized spacial score (nSPS) is 18.4. The second-order valence-corrected chi connectivity index (χ2v) is 5.97. The van der Waals surface area contributed by atoms with Crippen LogP contribution >= 0.6 is 0 Å². The molecule has 1 atom stereocenters. The average molecular weight is 298 g/mol. The number of fused-ring (bicyclic) bond motifs is 1. The lowest BCUT2D eigenvalue weighted by molar-refractivity contribution is 0.124. The highest BCUT2D eigenvalue weighted by Gasteiger charge is 2.42. The third kappa shape index (κ3) is 2.13. The molecule has 0 spiro atoms. The molecule has 0 bridgehead atoms. The van der Waals surface area contributed by atoms with Crippen molar-refractivity contribution in [3.05, 3.63) is 113 Å². The average Bonchev–Trinajstić information content (AvgIpc) is 2.64. The van der Waals surface area contributed by atoms with E-state index < -0.39 is 11.5 Å². The van der Waals surface area contributed by atoms with Crippen molar-refractivity contribution < 1.29 is 5.11 Å². The van der Waals surface area contributed by atoms with Crippen LogP contribution in [0.25, 0.3) is 6.08 Å². The van der Waals surface area contributed by atoms with E-state index in [0.29, 0.717) is 0 Å². The maximum atomic E-state index is 11.3. The van der Waals surface area contributed by atoms with Crippen molar-refractivity contribution in [2.45, 2.75) is 11.5 Å². The minimum atomic E-state index is -0.617. The zero-order chi connectivity index (χ0) is 15.7. The van der Waals surface area contributed by atoms with Crippen LogP contribution in [0, 0.1) is 0 Å². The molecule has 0 heterocycles. The summed E-state index contributed by atoms with van der Waals surface area (Å²) in [6, 6.07) is 28.6. The van der Waals surface area contributed by atoms with E-state index in [4.69, 9.17) is 0 Å². The molecule has 3 aromatic rings. The highest BCUT2D eigenvalue weighted by molar-refractivity contribution is 5.65. The third-order valence-corrected chi connectivity index (χ3v) is 4.75. The fourth-order valence-electron chi connectivity index (χ4n) is 3.57. The monoisotopic (exact) mass is 298 g/mol. The van der Waals surface area contributed by atoms with Crippen LogP contribution in [0.4, 0.5) is 0 Å². The zero-order valence-corrected chi connectivity index (χ0v) is 12.8. The van der Waals surface area contributed by atoms with E-state index >= 15 is 0 Å². The molecule has 0 aliphatic heterocycles. The maximum Gasteiger partial charge on any atom is 0.0968 e. The summed E-state index contributed by atoms with van der Waals surface area (Å²) >= 11 is 0. The Morgan fingerprint density at radius 1 is 0.652 bits per heavy atom. The van der Waals surface area contributed by atoms with Crippen LogP contribution in [0.5, 0.6) is 0 Å². The van der Waals surface area contributed by atoms with E-state index in [1.165, 1.54) is 0 Å². The molecule has 0 saturated heterocycles. The molecule has 0 aromatic heterocycles. The summed E-state index contributed by atoms with van der Waals surface area (Å²) in [6.45, 7) is 0. The van der Waals surface area contributed by atoms with E-state index in [2.05, 4.69) is 42.5 Å². The highest BCUT2D eigenvalue weighted by Crippen LogP contribution is 2.48. The summed E-state index contributed by atoms with van der Waals surface area (Å²) in [5.41, 5.74) is 3.70. The molecule has 3 aromatic carbocycles. The quantitative estimate of drug-likeness (QED) is 0.725. The molecule has 4 rings (SSSR count). The van der Waals surface area contributed by atoms with Gasteiger partial charge in [-0.25, -0.2) is 0 Å². The molecule has 1 heteroatoms. The predicted octanol–water partition coefficient (Wildman–Crippen LogP) is 4.73. The molecule has 1 aliphatic carbocycles. The second-order valence-electron chi connectivity index (χ2n) is 5.97. The Labute approximate surface area is 136 Å². The van der Waals surface area contributed by atoms with E-state index in [-0.39, 0.29) is 0 Å². The molecule has 1 aliphatic rings. The van der Waals surface area contributed by atoms with Crippen LogP contribution in [0.15, 0.2) is 91.0 Å². The summed E-state index contributed by atoms with van der Waals surface area (Å²) in [7, 11) is 0. The van der Waals surface area contributed by atoms with Gasteiger partial charge in [-0.3, -0.25) is 0 Å². The molecule has 1 N–H and O–H groups in total. The lowest BCUT2D eigenvalue weighted by Gasteiger charge is -2.40. The summed E-state index contributed by atoms with van der Waals surface area (Å²) < 4.78 is 0. The number of aliphatic hydroxyl groups excluding tert-OH is 1. The zero-order valence-electron chi connectivity index (χ0n) is 12.8. The predicted molar refractivity (Wildman–Crippen MR) is 94.1 cm³/mol. The number of rotatable bonds is 2. The summed E-state index contributed by atoms with van der Waals surface area (Å²) in [5.74, 6) is 0. The van der Waals surface area contributed by atoms with Gasteiger partial charge in [0.1, 0.15) is 0 Å². The van der Waals surface area contributed by atoms with Gasteiger partial charge >= 0.3 is 0 Å². The summed E-state index contributed by atoms with van der Waals surface area (Å²) in [4.78, 5) is 0. The first-order valence-corrected chi connectivity index (χ1v) is 7.89. The fraction of sp³-hybridized carbons (Fsp3) is 0.0909. The molecule has 1 unspecified atom stereocenters. The van der Waals surface area contributed by atoms with Crippen molar-refractivity contribution in [2.75, 3.05) is 0 Å². The molecular formula is C22H18O. The first-order chi connectivity index (χ1) is 11.3. The standard InChI is InChI=1S/C22H18O/c23-21-20-14-8-7-9-17(20)15-16-22(21,18-10-3-1-4-11-18)19-12-5-2-6-13-19/h1-16,21,23H. The Bertz CT molecular complexity index is 795. The Morgan fingerprint density at radius 3 is 1.78 bits per heavy atom. The largest absolute Gasteiger partial charge is 0.387 e. The van der Waals surface area contributed by atoms with Crippen molar-refractivity contribution in [1.82, 2.24) is 0 Å². The first kappa shape index (κ1) is 14.0. The van der Waals surface area contributed by atoms with E-state index in [1.807, 2.05) is 54.6 Å². The van der Waals surface area contributed by atoms with Crippen molar-refractivity contribution in [1.29, 1.82) is 0 Å². The topological polar surface area (TPSA) is 20.2 Å². The van der Waals surface area contributed by atoms with Crippen molar-refractivity contribution in [3.63, 3.8) is 0 Å². The van der Waals surface area contributed by atoms with Crippen molar-refractivity contribution in [3.8, 4) is 0 Å². The number of benzene rings is 3. The van der Waals surface area contributed by atoms with E-state index in [0.717, 1.165) is 22.3 Å². The van der Waals surface area contributed by atoms with E-state index in [9.17, 15) is 5.11 Å². The summed E-state index contributed by atoms with van der Waals surface area (Å²) in [6.07, 6.45) is 3.65. The Balaban J connectivity index is 1.99. The SMILES string of the molecule is OC1c2ccccc2C=CC1(c1ccccc1)c1ccccc1.